The summed E-state index contributed by atoms with van der Waals surface area (Å²) in [6.45, 7) is 0. The van der Waals surface area contributed by atoms with Crippen LogP contribution in [0, 0.1) is 0 Å². The lowest BCUT2D eigenvalue weighted by molar-refractivity contribution is 0.619. The zero-order valence-electron chi connectivity index (χ0n) is 15.0. The highest BCUT2D eigenvalue weighted by Crippen LogP contribution is 2.37. The summed E-state index contributed by atoms with van der Waals surface area (Å²) in [6.07, 6.45) is 3.59. The minimum atomic E-state index is 0.938. The van der Waals surface area contributed by atoms with Crippen LogP contribution in [0.5, 0.6) is 0 Å². The minimum absolute atomic E-state index is 0.938. The summed E-state index contributed by atoms with van der Waals surface area (Å²) in [6, 6.07) is 29.3. The zero-order valence-corrected chi connectivity index (χ0v) is 15.0. The molecule has 0 fully saturated rings. The maximum Gasteiger partial charge on any atom is 0.143 e. The van der Waals surface area contributed by atoms with E-state index in [4.69, 9.17) is 4.42 Å². The molecule has 3 nitrogen and oxygen atoms in total. The molecule has 0 amide bonds. The summed E-state index contributed by atoms with van der Waals surface area (Å²) < 4.78 is 8.16. The molecule has 6 aromatic rings. The van der Waals surface area contributed by atoms with Crippen LogP contribution in [-0.2, 0) is 0 Å². The summed E-state index contributed by atoms with van der Waals surface area (Å²) in [5, 5.41) is 3.47. The van der Waals surface area contributed by atoms with Gasteiger partial charge in [-0.25, -0.2) is 0 Å². The van der Waals surface area contributed by atoms with Crippen LogP contribution in [0.25, 0.3) is 49.7 Å². The third kappa shape index (κ3) is 2.13. The van der Waals surface area contributed by atoms with E-state index < -0.39 is 0 Å². The Morgan fingerprint density at radius 1 is 0.750 bits per heavy atom. The normalized spacial score (nSPS) is 11.6. The van der Waals surface area contributed by atoms with Crippen molar-refractivity contribution in [3.63, 3.8) is 0 Å². The van der Waals surface area contributed by atoms with Crippen LogP contribution >= 0.6 is 0 Å². The number of hydrogen-bond acceptors (Lipinski definition) is 2. The van der Waals surface area contributed by atoms with Gasteiger partial charge in [-0.2, -0.15) is 0 Å². The summed E-state index contributed by atoms with van der Waals surface area (Å²) in [7, 11) is 0. The van der Waals surface area contributed by atoms with E-state index in [-0.39, 0.29) is 0 Å². The van der Waals surface area contributed by atoms with Gasteiger partial charge in [-0.15, -0.1) is 0 Å². The van der Waals surface area contributed by atoms with E-state index in [1.807, 2.05) is 30.5 Å². The first kappa shape index (κ1) is 15.2. The van der Waals surface area contributed by atoms with E-state index in [9.17, 15) is 0 Å². The number of hydrogen-bond donors (Lipinski definition) is 0. The van der Waals surface area contributed by atoms with Crippen molar-refractivity contribution in [1.29, 1.82) is 0 Å². The Morgan fingerprint density at radius 2 is 1.68 bits per heavy atom. The average Bonchev–Trinajstić information content (AvgIpc) is 3.36. The van der Waals surface area contributed by atoms with E-state index in [2.05, 4.69) is 70.2 Å². The lowest BCUT2D eigenvalue weighted by Crippen LogP contribution is -1.94. The molecule has 0 saturated carbocycles. The highest BCUT2D eigenvalue weighted by molar-refractivity contribution is 6.19. The van der Waals surface area contributed by atoms with Gasteiger partial charge in [0.25, 0.3) is 0 Å². The van der Waals surface area contributed by atoms with Crippen molar-refractivity contribution in [3.8, 4) is 16.9 Å². The molecule has 0 saturated heterocycles. The van der Waals surface area contributed by atoms with Gasteiger partial charge in [0.15, 0.2) is 0 Å². The Morgan fingerprint density at radius 3 is 2.61 bits per heavy atom. The van der Waals surface area contributed by atoms with Crippen molar-refractivity contribution in [3.05, 3.63) is 97.4 Å². The summed E-state index contributed by atoms with van der Waals surface area (Å²) in [4.78, 5) is 4.51. The number of pyridine rings is 1. The molecule has 3 aromatic heterocycles. The van der Waals surface area contributed by atoms with Gasteiger partial charge < -0.3 is 8.98 Å². The first-order valence-corrected chi connectivity index (χ1v) is 9.31. The fourth-order valence-corrected chi connectivity index (χ4v) is 4.09. The van der Waals surface area contributed by atoms with Gasteiger partial charge >= 0.3 is 0 Å². The summed E-state index contributed by atoms with van der Waals surface area (Å²) in [5.74, 6) is 0. The van der Waals surface area contributed by atoms with Crippen molar-refractivity contribution in [2.75, 3.05) is 0 Å². The monoisotopic (exact) mass is 360 g/mol. The van der Waals surface area contributed by atoms with Crippen LogP contribution in [0.15, 0.2) is 102 Å². The van der Waals surface area contributed by atoms with Crippen LogP contribution in [0.1, 0.15) is 0 Å². The number of furan rings is 1. The van der Waals surface area contributed by atoms with Crippen molar-refractivity contribution >= 4 is 32.8 Å². The van der Waals surface area contributed by atoms with E-state index in [0.717, 1.165) is 38.8 Å². The van der Waals surface area contributed by atoms with E-state index in [0.29, 0.717) is 0 Å². The standard InChI is InChI=1S/C25H16N2O/c1-2-10-22-20(8-1)24-23(12-11-17-13-15-28-25(17)24)27(22)19-7-5-6-18(16-19)21-9-3-4-14-26-21/h1-16H. The minimum Gasteiger partial charge on any atom is -0.464 e. The first-order valence-electron chi connectivity index (χ1n) is 9.31. The lowest BCUT2D eigenvalue weighted by atomic mass is 10.1. The Hall–Kier alpha value is -3.85. The molecule has 0 atom stereocenters. The van der Waals surface area contributed by atoms with Crippen LogP contribution in [0.2, 0.25) is 0 Å². The first-order chi connectivity index (χ1) is 13.9. The molecule has 6 rings (SSSR count). The number of aromatic nitrogens is 2. The maximum absolute atomic E-state index is 5.86. The predicted octanol–water partition coefficient (Wildman–Crippen LogP) is 6.59. The maximum atomic E-state index is 5.86. The van der Waals surface area contributed by atoms with Crippen molar-refractivity contribution < 1.29 is 4.42 Å². The van der Waals surface area contributed by atoms with Crippen LogP contribution in [-0.4, -0.2) is 9.55 Å². The molecule has 132 valence electrons. The SMILES string of the molecule is c1ccc(-c2cccc(-n3c4ccccc4c4c5occc5ccc43)c2)nc1. The summed E-state index contributed by atoms with van der Waals surface area (Å²) in [5.41, 5.74) is 6.43. The molecule has 0 N–H and O–H groups in total. The predicted molar refractivity (Wildman–Crippen MR) is 114 cm³/mol. The van der Waals surface area contributed by atoms with Crippen LogP contribution in [0.3, 0.4) is 0 Å². The molecule has 0 aliphatic carbocycles. The van der Waals surface area contributed by atoms with E-state index in [1.54, 1.807) is 6.26 Å². The van der Waals surface area contributed by atoms with E-state index >= 15 is 0 Å². The second-order valence-electron chi connectivity index (χ2n) is 6.92. The largest absolute Gasteiger partial charge is 0.464 e. The third-order valence-electron chi connectivity index (χ3n) is 5.32. The number of benzene rings is 3. The number of fused-ring (bicyclic) bond motifs is 5. The average molecular weight is 360 g/mol. The van der Waals surface area contributed by atoms with Crippen molar-refractivity contribution in [1.82, 2.24) is 9.55 Å². The van der Waals surface area contributed by atoms with Gasteiger partial charge in [0.1, 0.15) is 5.58 Å². The highest BCUT2D eigenvalue weighted by Gasteiger charge is 2.16. The third-order valence-corrected chi connectivity index (χ3v) is 5.32. The molecule has 28 heavy (non-hydrogen) atoms. The molecule has 3 heteroatoms. The fourth-order valence-electron chi connectivity index (χ4n) is 4.09. The molecule has 0 radical (unpaired) electrons. The number of para-hydroxylation sites is 1. The van der Waals surface area contributed by atoms with E-state index in [1.165, 1.54) is 10.9 Å². The molecular weight excluding hydrogens is 344 g/mol. The van der Waals surface area contributed by atoms with Gasteiger partial charge in [0.05, 0.1) is 28.4 Å². The Kier molecular flexibility index (Phi) is 3.17. The van der Waals surface area contributed by atoms with Crippen LogP contribution in [0.4, 0.5) is 0 Å². The van der Waals surface area contributed by atoms with Gasteiger partial charge in [-0.3, -0.25) is 4.98 Å². The smallest absolute Gasteiger partial charge is 0.143 e. The Labute approximate surface area is 161 Å². The molecule has 0 spiro atoms. The molecule has 0 aliphatic rings. The summed E-state index contributed by atoms with van der Waals surface area (Å²) >= 11 is 0. The van der Waals surface area contributed by atoms with Crippen LogP contribution < -0.4 is 0 Å². The molecular formula is C25H16N2O. The molecule has 0 aliphatic heterocycles. The second kappa shape index (κ2) is 5.83. The zero-order chi connectivity index (χ0) is 18.5. The number of nitrogens with zero attached hydrogens (tertiary/aromatic N) is 2. The van der Waals surface area contributed by atoms with Crippen molar-refractivity contribution in [2.24, 2.45) is 0 Å². The topological polar surface area (TPSA) is 31.0 Å². The molecule has 0 unspecified atom stereocenters. The van der Waals surface area contributed by atoms with Gasteiger partial charge in [0, 0.05) is 28.2 Å². The molecule has 0 bridgehead atoms. The lowest BCUT2D eigenvalue weighted by Gasteiger charge is -2.10. The quantitative estimate of drug-likeness (QED) is 0.349. The molecule has 3 heterocycles. The van der Waals surface area contributed by atoms with Crippen molar-refractivity contribution in [2.45, 2.75) is 0 Å². The Balaban J connectivity index is 1.71. The Bertz CT molecular complexity index is 1460. The second-order valence-corrected chi connectivity index (χ2v) is 6.92. The highest BCUT2D eigenvalue weighted by atomic mass is 16.3. The van der Waals surface area contributed by atoms with Gasteiger partial charge in [0.2, 0.25) is 0 Å². The number of rotatable bonds is 2. The molecule has 3 aromatic carbocycles. The van der Waals surface area contributed by atoms with Gasteiger partial charge in [-0.1, -0.05) is 36.4 Å². The fraction of sp³-hybridized carbons (Fsp3) is 0. The van der Waals surface area contributed by atoms with Gasteiger partial charge in [-0.05, 0) is 48.5 Å².